The minimum atomic E-state index is -0.915. The molecular formula is C15H15NO3S2. The number of hydrogen-bond donors (Lipinski definition) is 2. The highest BCUT2D eigenvalue weighted by Crippen LogP contribution is 2.29. The van der Waals surface area contributed by atoms with Crippen molar-refractivity contribution in [1.29, 1.82) is 0 Å². The van der Waals surface area contributed by atoms with Gasteiger partial charge >= 0.3 is 5.97 Å². The van der Waals surface area contributed by atoms with Crippen LogP contribution in [-0.2, 0) is 4.79 Å². The zero-order chi connectivity index (χ0) is 14.8. The fraction of sp³-hybridized carbons (Fsp3) is 0.333. The normalized spacial score (nSPS) is 16.0. The molecule has 0 saturated carbocycles. The average Bonchev–Trinajstić information content (AvgIpc) is 2.91. The van der Waals surface area contributed by atoms with E-state index in [1.54, 1.807) is 6.07 Å². The zero-order valence-corrected chi connectivity index (χ0v) is 12.9. The number of aromatic carboxylic acids is 1. The maximum atomic E-state index is 12.2. The molecule has 1 fully saturated rings. The van der Waals surface area contributed by atoms with Crippen molar-refractivity contribution in [3.63, 3.8) is 0 Å². The summed E-state index contributed by atoms with van der Waals surface area (Å²) in [5.74, 6) is 1.34. The first-order valence-electron chi connectivity index (χ1n) is 6.79. The van der Waals surface area contributed by atoms with Crippen LogP contribution < -0.4 is 5.32 Å². The number of amides is 1. The quantitative estimate of drug-likeness (QED) is 0.905. The first-order valence-corrected chi connectivity index (χ1v) is 8.76. The van der Waals surface area contributed by atoms with E-state index < -0.39 is 5.97 Å². The summed E-state index contributed by atoms with van der Waals surface area (Å²) >= 11 is 3.14. The maximum Gasteiger partial charge on any atom is 0.345 e. The number of fused-ring (bicyclic) bond motifs is 1. The molecule has 1 aliphatic rings. The highest BCUT2D eigenvalue weighted by atomic mass is 32.2. The molecule has 110 valence electrons. The van der Waals surface area contributed by atoms with Crippen molar-refractivity contribution >= 4 is 50.7 Å². The third-order valence-electron chi connectivity index (χ3n) is 3.59. The second kappa shape index (κ2) is 6.07. The zero-order valence-electron chi connectivity index (χ0n) is 11.3. The number of carbonyl (C=O) groups is 2. The lowest BCUT2D eigenvalue weighted by Crippen LogP contribution is -2.26. The lowest BCUT2D eigenvalue weighted by Gasteiger charge is -2.20. The molecule has 0 unspecified atom stereocenters. The molecular weight excluding hydrogens is 306 g/mol. The van der Waals surface area contributed by atoms with Crippen LogP contribution in [0.4, 0.5) is 5.69 Å². The number of carboxylic acids is 1. The van der Waals surface area contributed by atoms with Crippen LogP contribution in [-0.4, -0.2) is 28.5 Å². The Hall–Kier alpha value is -1.53. The molecule has 1 aromatic carbocycles. The van der Waals surface area contributed by atoms with Crippen LogP contribution in [0, 0.1) is 5.92 Å². The number of carbonyl (C=O) groups excluding carboxylic acids is 1. The summed E-state index contributed by atoms with van der Waals surface area (Å²) in [6.07, 6.45) is 1.86. The van der Waals surface area contributed by atoms with Gasteiger partial charge in [-0.05, 0) is 54.0 Å². The van der Waals surface area contributed by atoms with E-state index in [1.807, 2.05) is 30.0 Å². The van der Waals surface area contributed by atoms with Gasteiger partial charge in [0.2, 0.25) is 5.91 Å². The van der Waals surface area contributed by atoms with E-state index in [-0.39, 0.29) is 11.8 Å². The molecule has 6 heteroatoms. The Bertz CT molecular complexity index is 689. The van der Waals surface area contributed by atoms with Gasteiger partial charge in [0.05, 0.1) is 0 Å². The number of nitrogens with one attached hydrogen (secondary N) is 1. The molecule has 4 nitrogen and oxygen atoms in total. The SMILES string of the molecule is O=C(O)c1cc2cc(NC(=O)C3CCSCC3)ccc2s1. The van der Waals surface area contributed by atoms with Gasteiger partial charge in [-0.25, -0.2) is 4.79 Å². The number of thioether (sulfide) groups is 1. The minimum Gasteiger partial charge on any atom is -0.477 e. The smallest absolute Gasteiger partial charge is 0.345 e. The first kappa shape index (κ1) is 14.4. The summed E-state index contributed by atoms with van der Waals surface area (Å²) in [4.78, 5) is 23.5. The molecule has 0 bridgehead atoms. The molecule has 1 saturated heterocycles. The van der Waals surface area contributed by atoms with Crippen molar-refractivity contribution in [3.8, 4) is 0 Å². The Labute approximate surface area is 130 Å². The summed E-state index contributed by atoms with van der Waals surface area (Å²) in [6, 6.07) is 7.18. The summed E-state index contributed by atoms with van der Waals surface area (Å²) in [5.41, 5.74) is 0.737. The second-order valence-electron chi connectivity index (χ2n) is 5.04. The van der Waals surface area contributed by atoms with Crippen molar-refractivity contribution in [3.05, 3.63) is 29.1 Å². The largest absolute Gasteiger partial charge is 0.477 e. The maximum absolute atomic E-state index is 12.2. The molecule has 2 heterocycles. The van der Waals surface area contributed by atoms with Crippen LogP contribution >= 0.6 is 23.1 Å². The molecule has 21 heavy (non-hydrogen) atoms. The number of carboxylic acid groups (broad SMARTS) is 1. The Morgan fingerprint density at radius 2 is 1.95 bits per heavy atom. The third-order valence-corrected chi connectivity index (χ3v) is 5.74. The molecule has 0 aliphatic carbocycles. The topological polar surface area (TPSA) is 66.4 Å². The number of benzene rings is 1. The molecule has 0 radical (unpaired) electrons. The van der Waals surface area contributed by atoms with E-state index in [2.05, 4.69) is 5.32 Å². The van der Waals surface area contributed by atoms with Crippen LogP contribution in [0.15, 0.2) is 24.3 Å². The Kier molecular flexibility index (Phi) is 4.17. The summed E-state index contributed by atoms with van der Waals surface area (Å²) in [6.45, 7) is 0. The molecule has 2 N–H and O–H groups in total. The molecule has 0 atom stereocenters. The van der Waals surface area contributed by atoms with E-state index in [1.165, 1.54) is 11.3 Å². The van der Waals surface area contributed by atoms with Gasteiger partial charge in [-0.3, -0.25) is 4.79 Å². The van der Waals surface area contributed by atoms with Gasteiger partial charge in [-0.1, -0.05) is 0 Å². The van der Waals surface area contributed by atoms with Crippen LogP contribution in [0.2, 0.25) is 0 Å². The van der Waals surface area contributed by atoms with Crippen molar-refractivity contribution in [2.75, 3.05) is 16.8 Å². The lowest BCUT2D eigenvalue weighted by atomic mass is 10.0. The van der Waals surface area contributed by atoms with Crippen LogP contribution in [0.5, 0.6) is 0 Å². The molecule has 0 spiro atoms. The predicted octanol–water partition coefficient (Wildman–Crippen LogP) is 3.68. The van der Waals surface area contributed by atoms with E-state index in [9.17, 15) is 9.59 Å². The number of thiophene rings is 1. The van der Waals surface area contributed by atoms with E-state index in [0.29, 0.717) is 4.88 Å². The second-order valence-corrected chi connectivity index (χ2v) is 7.35. The average molecular weight is 321 g/mol. The standard InChI is InChI=1S/C15H15NO3S2/c17-14(9-3-5-20-6-4-9)16-11-1-2-12-10(7-11)8-13(21-12)15(18)19/h1-2,7-9H,3-6H2,(H,16,17)(H,18,19). The van der Waals surface area contributed by atoms with Gasteiger partial charge < -0.3 is 10.4 Å². The molecule has 3 rings (SSSR count). The van der Waals surface area contributed by atoms with Crippen LogP contribution in [0.1, 0.15) is 22.5 Å². The molecule has 1 aromatic heterocycles. The van der Waals surface area contributed by atoms with E-state index >= 15 is 0 Å². The number of hydrogen-bond acceptors (Lipinski definition) is 4. The lowest BCUT2D eigenvalue weighted by molar-refractivity contribution is -0.120. The fourth-order valence-corrected chi connectivity index (χ4v) is 4.42. The van der Waals surface area contributed by atoms with Gasteiger partial charge in [0.15, 0.2) is 0 Å². The van der Waals surface area contributed by atoms with E-state index in [4.69, 9.17) is 5.11 Å². The van der Waals surface area contributed by atoms with Crippen molar-refractivity contribution in [1.82, 2.24) is 0 Å². The summed E-state index contributed by atoms with van der Waals surface area (Å²) in [5, 5.41) is 12.8. The van der Waals surface area contributed by atoms with Gasteiger partial charge in [0.1, 0.15) is 4.88 Å². The minimum absolute atomic E-state index is 0.0725. The van der Waals surface area contributed by atoms with Gasteiger partial charge in [0.25, 0.3) is 0 Å². The highest BCUT2D eigenvalue weighted by molar-refractivity contribution is 7.99. The summed E-state index contributed by atoms with van der Waals surface area (Å²) in [7, 11) is 0. The van der Waals surface area contributed by atoms with Gasteiger partial charge in [-0.15, -0.1) is 11.3 Å². The fourth-order valence-electron chi connectivity index (χ4n) is 2.43. The number of rotatable bonds is 3. The first-order chi connectivity index (χ1) is 10.1. The Morgan fingerprint density at radius 3 is 2.67 bits per heavy atom. The van der Waals surface area contributed by atoms with Crippen molar-refractivity contribution in [2.24, 2.45) is 5.92 Å². The van der Waals surface area contributed by atoms with Crippen LogP contribution in [0.3, 0.4) is 0 Å². The van der Waals surface area contributed by atoms with Crippen molar-refractivity contribution in [2.45, 2.75) is 12.8 Å². The monoisotopic (exact) mass is 321 g/mol. The molecule has 2 aromatic rings. The van der Waals surface area contributed by atoms with Crippen LogP contribution in [0.25, 0.3) is 10.1 Å². The van der Waals surface area contributed by atoms with Crippen molar-refractivity contribution < 1.29 is 14.7 Å². The Morgan fingerprint density at radius 1 is 1.19 bits per heavy atom. The number of anilines is 1. The highest BCUT2D eigenvalue weighted by Gasteiger charge is 2.21. The van der Waals surface area contributed by atoms with Gasteiger partial charge in [0, 0.05) is 16.3 Å². The predicted molar refractivity (Wildman–Crippen MR) is 87.5 cm³/mol. The molecule has 1 amide bonds. The molecule has 1 aliphatic heterocycles. The summed E-state index contributed by atoms with van der Waals surface area (Å²) < 4.78 is 0.916. The third kappa shape index (κ3) is 3.22. The van der Waals surface area contributed by atoms with Gasteiger partial charge in [-0.2, -0.15) is 11.8 Å². The van der Waals surface area contributed by atoms with E-state index in [0.717, 1.165) is 40.1 Å². The Balaban J connectivity index is 1.77.